The van der Waals surface area contributed by atoms with E-state index in [2.05, 4.69) is 38.7 Å². The standard InChI is InChI=1S/C19H35NO/c1-8-12-20(17(21)18(4,5)6)14-16-13-19(16,7)11-9-10-15(2)3/h10,16H,8-9,11-14H2,1-7H3. The highest BCUT2D eigenvalue weighted by Crippen LogP contribution is 2.56. The highest BCUT2D eigenvalue weighted by atomic mass is 16.2. The van der Waals surface area contributed by atoms with Gasteiger partial charge < -0.3 is 4.90 Å². The minimum absolute atomic E-state index is 0.261. The van der Waals surface area contributed by atoms with Gasteiger partial charge in [0, 0.05) is 18.5 Å². The van der Waals surface area contributed by atoms with Crippen molar-refractivity contribution in [3.63, 3.8) is 0 Å². The monoisotopic (exact) mass is 293 g/mol. The molecule has 0 radical (unpaired) electrons. The molecule has 0 N–H and O–H groups in total. The Bertz CT molecular complexity index is 387. The number of carbonyl (C=O) groups excluding carboxylic acids is 1. The van der Waals surface area contributed by atoms with Crippen LogP contribution >= 0.6 is 0 Å². The Morgan fingerprint density at radius 1 is 1.33 bits per heavy atom. The molecule has 2 nitrogen and oxygen atoms in total. The lowest BCUT2D eigenvalue weighted by atomic mass is 9.93. The van der Waals surface area contributed by atoms with Gasteiger partial charge in [-0.25, -0.2) is 0 Å². The molecule has 21 heavy (non-hydrogen) atoms. The molecular formula is C19H35NO. The third-order valence-electron chi connectivity index (χ3n) is 4.67. The van der Waals surface area contributed by atoms with E-state index in [9.17, 15) is 4.79 Å². The molecule has 1 rings (SSSR count). The van der Waals surface area contributed by atoms with Gasteiger partial charge in [-0.15, -0.1) is 0 Å². The zero-order chi connectivity index (χ0) is 16.3. The van der Waals surface area contributed by atoms with Gasteiger partial charge in [-0.05, 0) is 50.9 Å². The predicted molar refractivity (Wildman–Crippen MR) is 91.2 cm³/mol. The number of hydrogen-bond acceptors (Lipinski definition) is 1. The molecule has 0 aromatic carbocycles. The van der Waals surface area contributed by atoms with Crippen molar-refractivity contribution in [3.8, 4) is 0 Å². The van der Waals surface area contributed by atoms with Gasteiger partial charge in [0.05, 0.1) is 0 Å². The van der Waals surface area contributed by atoms with Crippen molar-refractivity contribution in [2.75, 3.05) is 13.1 Å². The second-order valence-electron chi connectivity index (χ2n) is 8.38. The fourth-order valence-electron chi connectivity index (χ4n) is 3.07. The molecule has 1 fully saturated rings. The van der Waals surface area contributed by atoms with Crippen molar-refractivity contribution in [2.45, 2.75) is 74.1 Å². The molecule has 0 spiro atoms. The Morgan fingerprint density at radius 2 is 1.95 bits per heavy atom. The van der Waals surface area contributed by atoms with Crippen molar-refractivity contribution >= 4 is 5.91 Å². The van der Waals surface area contributed by atoms with E-state index in [-0.39, 0.29) is 5.41 Å². The molecule has 0 aromatic heterocycles. The maximum Gasteiger partial charge on any atom is 0.227 e. The van der Waals surface area contributed by atoms with E-state index in [0.29, 0.717) is 17.2 Å². The van der Waals surface area contributed by atoms with Crippen LogP contribution < -0.4 is 0 Å². The SMILES string of the molecule is CCCN(CC1CC1(C)CCC=C(C)C)C(=O)C(C)(C)C. The maximum atomic E-state index is 12.5. The van der Waals surface area contributed by atoms with Crippen LogP contribution in [0.15, 0.2) is 11.6 Å². The van der Waals surface area contributed by atoms with Crippen LogP contribution in [0.25, 0.3) is 0 Å². The first-order valence-corrected chi connectivity index (χ1v) is 8.53. The highest BCUT2D eigenvalue weighted by molar-refractivity contribution is 5.81. The number of rotatable bonds is 7. The van der Waals surface area contributed by atoms with Gasteiger partial charge in [0.1, 0.15) is 0 Å². The van der Waals surface area contributed by atoms with Gasteiger partial charge in [-0.2, -0.15) is 0 Å². The van der Waals surface area contributed by atoms with E-state index in [1.165, 1.54) is 24.8 Å². The Labute approximate surface area is 132 Å². The zero-order valence-corrected chi connectivity index (χ0v) is 15.3. The fraction of sp³-hybridized carbons (Fsp3) is 0.842. The average molecular weight is 293 g/mol. The molecular weight excluding hydrogens is 258 g/mol. The largest absolute Gasteiger partial charge is 0.342 e. The Morgan fingerprint density at radius 3 is 2.43 bits per heavy atom. The summed E-state index contributed by atoms with van der Waals surface area (Å²) in [5.41, 5.74) is 1.60. The van der Waals surface area contributed by atoms with Crippen LogP contribution in [0.2, 0.25) is 0 Å². The number of nitrogens with zero attached hydrogens (tertiary/aromatic N) is 1. The molecule has 0 saturated heterocycles. The second-order valence-corrected chi connectivity index (χ2v) is 8.38. The van der Waals surface area contributed by atoms with Crippen molar-refractivity contribution in [1.82, 2.24) is 4.90 Å². The molecule has 0 aromatic rings. The zero-order valence-electron chi connectivity index (χ0n) is 15.3. The van der Waals surface area contributed by atoms with Crippen molar-refractivity contribution < 1.29 is 4.79 Å². The fourth-order valence-corrected chi connectivity index (χ4v) is 3.07. The van der Waals surface area contributed by atoms with E-state index in [1.54, 1.807) is 0 Å². The summed E-state index contributed by atoms with van der Waals surface area (Å²) < 4.78 is 0. The topological polar surface area (TPSA) is 20.3 Å². The van der Waals surface area contributed by atoms with Crippen molar-refractivity contribution in [1.29, 1.82) is 0 Å². The summed E-state index contributed by atoms with van der Waals surface area (Å²) >= 11 is 0. The molecule has 0 bridgehead atoms. The lowest BCUT2D eigenvalue weighted by Crippen LogP contribution is -2.41. The first-order valence-electron chi connectivity index (χ1n) is 8.53. The molecule has 2 heteroatoms. The van der Waals surface area contributed by atoms with Gasteiger partial charge in [0.15, 0.2) is 0 Å². The van der Waals surface area contributed by atoms with Crippen LogP contribution in [-0.4, -0.2) is 23.9 Å². The smallest absolute Gasteiger partial charge is 0.227 e. The molecule has 0 heterocycles. The first-order chi connectivity index (χ1) is 9.60. The molecule has 1 aliphatic carbocycles. The molecule has 0 aliphatic heterocycles. The molecule has 1 amide bonds. The van der Waals surface area contributed by atoms with Crippen molar-refractivity contribution in [2.24, 2.45) is 16.7 Å². The Hall–Kier alpha value is -0.790. The van der Waals surface area contributed by atoms with Gasteiger partial charge in [-0.3, -0.25) is 4.79 Å². The second kappa shape index (κ2) is 6.98. The van der Waals surface area contributed by atoms with E-state index < -0.39 is 0 Å². The normalized spacial score (nSPS) is 24.6. The van der Waals surface area contributed by atoms with Crippen LogP contribution in [0.3, 0.4) is 0 Å². The number of hydrogen-bond donors (Lipinski definition) is 0. The predicted octanol–water partition coefficient (Wildman–Crippen LogP) is 5.04. The van der Waals surface area contributed by atoms with Crippen LogP contribution in [0.5, 0.6) is 0 Å². The summed E-state index contributed by atoms with van der Waals surface area (Å²) in [5, 5.41) is 0. The maximum absolute atomic E-state index is 12.5. The summed E-state index contributed by atoms with van der Waals surface area (Å²) in [7, 11) is 0. The van der Waals surface area contributed by atoms with Gasteiger partial charge in [0.2, 0.25) is 5.91 Å². The molecule has 1 aliphatic rings. The Balaban J connectivity index is 2.55. The summed E-state index contributed by atoms with van der Waals surface area (Å²) in [5.74, 6) is 1.00. The average Bonchev–Trinajstić information content (AvgIpc) is 2.96. The number of carbonyl (C=O) groups is 1. The van der Waals surface area contributed by atoms with Crippen LogP contribution in [0.4, 0.5) is 0 Å². The van der Waals surface area contributed by atoms with Crippen LogP contribution in [0.1, 0.15) is 74.1 Å². The highest BCUT2D eigenvalue weighted by Gasteiger charge is 2.50. The molecule has 122 valence electrons. The molecule has 2 atom stereocenters. The van der Waals surface area contributed by atoms with Crippen LogP contribution in [0, 0.1) is 16.7 Å². The van der Waals surface area contributed by atoms with E-state index >= 15 is 0 Å². The van der Waals surface area contributed by atoms with Gasteiger partial charge in [-0.1, -0.05) is 46.3 Å². The summed E-state index contributed by atoms with van der Waals surface area (Å²) in [6.45, 7) is 16.8. The van der Waals surface area contributed by atoms with Crippen LogP contribution in [-0.2, 0) is 4.79 Å². The Kier molecular flexibility index (Phi) is 6.07. The lowest BCUT2D eigenvalue weighted by Gasteiger charge is -2.30. The van der Waals surface area contributed by atoms with Gasteiger partial charge in [0.25, 0.3) is 0 Å². The molecule has 1 saturated carbocycles. The van der Waals surface area contributed by atoms with E-state index in [1.807, 2.05) is 20.8 Å². The number of amides is 1. The van der Waals surface area contributed by atoms with Crippen molar-refractivity contribution in [3.05, 3.63) is 11.6 Å². The van der Waals surface area contributed by atoms with E-state index in [0.717, 1.165) is 19.5 Å². The minimum atomic E-state index is -0.261. The van der Waals surface area contributed by atoms with E-state index in [4.69, 9.17) is 0 Å². The van der Waals surface area contributed by atoms with Gasteiger partial charge >= 0.3 is 0 Å². The lowest BCUT2D eigenvalue weighted by molar-refractivity contribution is -0.139. The third-order valence-corrected chi connectivity index (χ3v) is 4.67. The number of allylic oxidation sites excluding steroid dienone is 2. The molecule has 2 unspecified atom stereocenters. The summed E-state index contributed by atoms with van der Waals surface area (Å²) in [6.07, 6.45) is 7.10. The summed E-state index contributed by atoms with van der Waals surface area (Å²) in [6, 6.07) is 0. The summed E-state index contributed by atoms with van der Waals surface area (Å²) in [4.78, 5) is 14.7. The first kappa shape index (κ1) is 18.3. The quantitative estimate of drug-likeness (QED) is 0.602. The minimum Gasteiger partial charge on any atom is -0.342 e. The third kappa shape index (κ3) is 5.48.